The minimum Gasteiger partial charge on any atom is -0.393 e. The highest BCUT2D eigenvalue weighted by Crippen LogP contribution is 2.68. The van der Waals surface area contributed by atoms with E-state index in [2.05, 4.69) is 6.92 Å². The average Bonchev–Trinajstić information content (AvgIpc) is 2.86. The van der Waals surface area contributed by atoms with E-state index in [1.54, 1.807) is 0 Å². The third-order valence-electron chi connectivity index (χ3n) is 9.17. The van der Waals surface area contributed by atoms with Crippen molar-refractivity contribution < 1.29 is 24.9 Å². The van der Waals surface area contributed by atoms with Gasteiger partial charge >= 0.3 is 0 Å². The molecule has 0 amide bonds. The summed E-state index contributed by atoms with van der Waals surface area (Å²) in [4.78, 5) is 24.3. The Labute approximate surface area is 155 Å². The first-order valence-electron chi connectivity index (χ1n) is 10.2. The highest BCUT2D eigenvalue weighted by Gasteiger charge is 2.68. The van der Waals surface area contributed by atoms with Crippen LogP contribution in [0.25, 0.3) is 0 Å². The lowest BCUT2D eigenvalue weighted by molar-refractivity contribution is -0.198. The molecule has 0 bridgehead atoms. The Morgan fingerprint density at radius 2 is 1.92 bits per heavy atom. The zero-order chi connectivity index (χ0) is 18.9. The molecule has 5 heteroatoms. The molecule has 0 saturated heterocycles. The highest BCUT2D eigenvalue weighted by molar-refractivity contribution is 5.89. The second-order valence-electron chi connectivity index (χ2n) is 9.99. The average molecular weight is 364 g/mol. The standard InChI is InChI=1S/C21H32O5/c1-19-7-5-13(23)9-12(19)3-4-14-15-6-8-21(26,17(25)11-22)20(15,2)10-16(24)18(14)19/h12,14-16,18,22,24,26H,3-11H2,1-2H3/t12-,14-,15-,16+,18+,19-,20+,21-/m0/s1. The Bertz CT molecular complexity index is 632. The van der Waals surface area contributed by atoms with Gasteiger partial charge in [-0.25, -0.2) is 0 Å². The number of hydrogen-bond donors (Lipinski definition) is 3. The van der Waals surface area contributed by atoms with Crippen LogP contribution >= 0.6 is 0 Å². The summed E-state index contributed by atoms with van der Waals surface area (Å²) in [5, 5.41) is 31.8. The lowest BCUT2D eigenvalue weighted by Crippen LogP contribution is -2.63. The minimum absolute atomic E-state index is 0.0285. The van der Waals surface area contributed by atoms with Crippen LogP contribution in [0.1, 0.15) is 65.2 Å². The summed E-state index contributed by atoms with van der Waals surface area (Å²) in [5.74, 6) is 0.800. The van der Waals surface area contributed by atoms with E-state index in [-0.39, 0.29) is 23.2 Å². The van der Waals surface area contributed by atoms with Crippen molar-refractivity contribution in [2.24, 2.45) is 34.5 Å². The van der Waals surface area contributed by atoms with E-state index in [4.69, 9.17) is 0 Å². The number of carbonyl (C=O) groups is 2. The number of carbonyl (C=O) groups excluding carboxylic acids is 2. The van der Waals surface area contributed by atoms with Crippen LogP contribution in [-0.2, 0) is 9.59 Å². The molecule has 0 spiro atoms. The molecule has 0 heterocycles. The van der Waals surface area contributed by atoms with Crippen molar-refractivity contribution in [1.82, 2.24) is 0 Å². The third kappa shape index (κ3) is 2.20. The van der Waals surface area contributed by atoms with Crippen LogP contribution in [0.4, 0.5) is 0 Å². The first kappa shape index (κ1) is 18.6. The van der Waals surface area contributed by atoms with Crippen molar-refractivity contribution in [3.63, 3.8) is 0 Å². The molecule has 8 atom stereocenters. The summed E-state index contributed by atoms with van der Waals surface area (Å²) in [6.07, 6.45) is 5.02. The molecule has 26 heavy (non-hydrogen) atoms. The predicted octanol–water partition coefficient (Wildman–Crippen LogP) is 1.86. The summed E-state index contributed by atoms with van der Waals surface area (Å²) in [7, 11) is 0. The summed E-state index contributed by atoms with van der Waals surface area (Å²) in [6.45, 7) is 3.55. The molecule has 4 aliphatic rings. The van der Waals surface area contributed by atoms with Gasteiger partial charge in [-0.2, -0.15) is 0 Å². The largest absolute Gasteiger partial charge is 0.393 e. The number of hydrogen-bond acceptors (Lipinski definition) is 5. The quantitative estimate of drug-likeness (QED) is 0.695. The fourth-order valence-electron chi connectivity index (χ4n) is 7.76. The number of Topliss-reactive ketones (excluding diaryl/α,β-unsaturated/α-hetero) is 2. The van der Waals surface area contributed by atoms with Crippen molar-refractivity contribution in [3.05, 3.63) is 0 Å². The smallest absolute Gasteiger partial charge is 0.190 e. The van der Waals surface area contributed by atoms with Gasteiger partial charge in [-0.05, 0) is 67.6 Å². The van der Waals surface area contributed by atoms with E-state index >= 15 is 0 Å². The molecule has 0 aliphatic heterocycles. The van der Waals surface area contributed by atoms with E-state index < -0.39 is 29.5 Å². The summed E-state index contributed by atoms with van der Waals surface area (Å²) in [6, 6.07) is 0. The van der Waals surface area contributed by atoms with Crippen molar-refractivity contribution in [1.29, 1.82) is 0 Å². The van der Waals surface area contributed by atoms with Crippen LogP contribution in [0.15, 0.2) is 0 Å². The zero-order valence-electron chi connectivity index (χ0n) is 15.9. The van der Waals surface area contributed by atoms with Crippen LogP contribution < -0.4 is 0 Å². The van der Waals surface area contributed by atoms with Gasteiger partial charge in [-0.3, -0.25) is 9.59 Å². The molecule has 0 unspecified atom stereocenters. The Morgan fingerprint density at radius 3 is 2.62 bits per heavy atom. The van der Waals surface area contributed by atoms with Crippen LogP contribution in [-0.4, -0.2) is 45.2 Å². The maximum Gasteiger partial charge on any atom is 0.190 e. The Morgan fingerprint density at radius 1 is 1.19 bits per heavy atom. The first-order valence-corrected chi connectivity index (χ1v) is 10.2. The molecule has 146 valence electrons. The molecule has 3 N–H and O–H groups in total. The molecule has 0 aromatic rings. The maximum absolute atomic E-state index is 12.4. The molecule has 4 aliphatic carbocycles. The van der Waals surface area contributed by atoms with Gasteiger partial charge < -0.3 is 15.3 Å². The van der Waals surface area contributed by atoms with E-state index in [0.29, 0.717) is 37.4 Å². The van der Waals surface area contributed by atoms with Gasteiger partial charge in [-0.1, -0.05) is 13.8 Å². The molecule has 4 fully saturated rings. The Balaban J connectivity index is 1.70. The normalized spacial score (nSPS) is 53.6. The predicted molar refractivity (Wildman–Crippen MR) is 95.2 cm³/mol. The summed E-state index contributed by atoms with van der Waals surface area (Å²) < 4.78 is 0. The third-order valence-corrected chi connectivity index (χ3v) is 9.17. The van der Waals surface area contributed by atoms with Gasteiger partial charge in [0.25, 0.3) is 0 Å². The van der Waals surface area contributed by atoms with Gasteiger partial charge in [-0.15, -0.1) is 0 Å². The van der Waals surface area contributed by atoms with E-state index in [1.807, 2.05) is 6.92 Å². The fraction of sp³-hybridized carbons (Fsp3) is 0.905. The van der Waals surface area contributed by atoms with Crippen LogP contribution in [0, 0.1) is 34.5 Å². The van der Waals surface area contributed by atoms with Crippen molar-refractivity contribution in [2.45, 2.75) is 76.9 Å². The number of aliphatic hydroxyl groups excluding tert-OH is 2. The molecular formula is C21H32O5. The van der Waals surface area contributed by atoms with E-state index in [1.165, 1.54) is 0 Å². The van der Waals surface area contributed by atoms with Crippen molar-refractivity contribution >= 4 is 11.6 Å². The molecule has 0 aromatic heterocycles. The molecule has 0 radical (unpaired) electrons. The van der Waals surface area contributed by atoms with Crippen LogP contribution in [0.2, 0.25) is 0 Å². The minimum atomic E-state index is -1.53. The van der Waals surface area contributed by atoms with E-state index in [9.17, 15) is 24.9 Å². The van der Waals surface area contributed by atoms with Crippen molar-refractivity contribution in [3.8, 4) is 0 Å². The van der Waals surface area contributed by atoms with Crippen LogP contribution in [0.3, 0.4) is 0 Å². The monoisotopic (exact) mass is 364 g/mol. The molecule has 0 aromatic carbocycles. The van der Waals surface area contributed by atoms with Crippen molar-refractivity contribution in [2.75, 3.05) is 6.61 Å². The number of fused-ring (bicyclic) bond motifs is 5. The number of rotatable bonds is 2. The lowest BCUT2D eigenvalue weighted by atomic mass is 9.43. The number of ketones is 2. The summed E-state index contributed by atoms with van der Waals surface area (Å²) >= 11 is 0. The first-order chi connectivity index (χ1) is 12.2. The molecule has 4 rings (SSSR count). The molecular weight excluding hydrogens is 332 g/mol. The van der Waals surface area contributed by atoms with Crippen LogP contribution in [0.5, 0.6) is 0 Å². The van der Waals surface area contributed by atoms with Gasteiger partial charge in [0, 0.05) is 18.3 Å². The number of aliphatic hydroxyl groups is 3. The highest BCUT2D eigenvalue weighted by atomic mass is 16.3. The van der Waals surface area contributed by atoms with Gasteiger partial charge in [0.05, 0.1) is 6.10 Å². The molecule has 4 saturated carbocycles. The topological polar surface area (TPSA) is 94.8 Å². The van der Waals surface area contributed by atoms with Gasteiger partial charge in [0.1, 0.15) is 18.0 Å². The SMILES string of the molecule is C[C@]12CCC(=O)C[C@@H]1CC[C@@H]1[C@@H]2[C@H](O)C[C@]2(C)[C@H]1CC[C@]2(O)C(=O)CO. The zero-order valence-corrected chi connectivity index (χ0v) is 15.9. The van der Waals surface area contributed by atoms with E-state index in [0.717, 1.165) is 25.7 Å². The molecule has 5 nitrogen and oxygen atoms in total. The fourth-order valence-corrected chi connectivity index (χ4v) is 7.76. The maximum atomic E-state index is 12.4. The Kier molecular flexibility index (Phi) is 4.18. The Hall–Kier alpha value is -0.780. The summed E-state index contributed by atoms with van der Waals surface area (Å²) in [5.41, 5.74) is -2.24. The second-order valence-corrected chi connectivity index (χ2v) is 9.99. The second kappa shape index (κ2) is 5.86. The van der Waals surface area contributed by atoms with Gasteiger partial charge in [0.2, 0.25) is 0 Å². The lowest BCUT2D eigenvalue weighted by Gasteiger charge is -2.62. The van der Waals surface area contributed by atoms with Gasteiger partial charge in [0.15, 0.2) is 5.78 Å².